The number of piperidine rings is 1. The largest absolute Gasteiger partial charge is 0.438 e. The van der Waals surface area contributed by atoms with Gasteiger partial charge in [0.25, 0.3) is 0 Å². The Morgan fingerprint density at radius 1 is 1.11 bits per heavy atom. The van der Waals surface area contributed by atoms with Gasteiger partial charge in [-0.05, 0) is 42.5 Å². The number of carbonyl (C=O) groups is 3. The van der Waals surface area contributed by atoms with Gasteiger partial charge in [-0.1, -0.05) is 36.4 Å². The van der Waals surface area contributed by atoms with Crippen molar-refractivity contribution in [2.75, 3.05) is 25.0 Å². The van der Waals surface area contributed by atoms with Crippen LogP contribution in [-0.2, 0) is 28.5 Å². The molecule has 10 heteroatoms. The minimum atomic E-state index is -4.50. The van der Waals surface area contributed by atoms with Crippen LogP contribution >= 0.6 is 0 Å². The molecule has 4 rings (SSSR count). The molecule has 2 aromatic carbocycles. The number of likely N-dealkylation sites (tertiary alicyclic amines) is 1. The van der Waals surface area contributed by atoms with Crippen molar-refractivity contribution >= 4 is 24.1 Å². The Morgan fingerprint density at radius 2 is 1.86 bits per heavy atom. The van der Waals surface area contributed by atoms with Gasteiger partial charge in [-0.25, -0.2) is 9.59 Å². The summed E-state index contributed by atoms with van der Waals surface area (Å²) in [4.78, 5) is 40.1. The fourth-order valence-electron chi connectivity index (χ4n) is 4.53. The van der Waals surface area contributed by atoms with Gasteiger partial charge in [0.1, 0.15) is 0 Å². The molecule has 186 valence electrons. The number of carbonyl (C=O) groups excluding carboxylic acids is 3. The molecule has 0 radical (unpaired) electrons. The lowest BCUT2D eigenvalue weighted by Crippen LogP contribution is -2.50. The Kier molecular flexibility index (Phi) is 7.28. The Morgan fingerprint density at radius 3 is 2.57 bits per heavy atom. The summed E-state index contributed by atoms with van der Waals surface area (Å²) in [7, 11) is 0. The van der Waals surface area contributed by atoms with E-state index < -0.39 is 23.9 Å². The minimum Gasteiger partial charge on any atom is -0.438 e. The Bertz CT molecular complexity index is 1080. The summed E-state index contributed by atoms with van der Waals surface area (Å²) in [5.74, 6) is 0. The van der Waals surface area contributed by atoms with Crippen LogP contribution in [0.3, 0.4) is 0 Å². The van der Waals surface area contributed by atoms with Gasteiger partial charge in [0, 0.05) is 37.8 Å². The fraction of sp³-hybridized carbons (Fsp3) is 0.400. The summed E-state index contributed by atoms with van der Waals surface area (Å²) in [5, 5.41) is 2.95. The van der Waals surface area contributed by atoms with Gasteiger partial charge >= 0.3 is 18.3 Å². The van der Waals surface area contributed by atoms with Crippen LogP contribution in [0.25, 0.3) is 0 Å². The van der Waals surface area contributed by atoms with Crippen molar-refractivity contribution in [1.82, 2.24) is 9.80 Å². The summed E-state index contributed by atoms with van der Waals surface area (Å²) in [5.41, 5.74) is 1.30. The molecule has 0 aromatic heterocycles. The average Bonchev–Trinajstić information content (AvgIpc) is 3.01. The molecular formula is C25H26F3N3O4. The Balaban J connectivity index is 1.30. The average molecular weight is 489 g/mol. The second kappa shape index (κ2) is 10.4. The zero-order valence-electron chi connectivity index (χ0n) is 19.0. The van der Waals surface area contributed by atoms with Crippen LogP contribution in [-0.4, -0.2) is 60.0 Å². The summed E-state index contributed by atoms with van der Waals surface area (Å²) in [6, 6.07) is 12.1. The number of nitrogens with zero attached hydrogens (tertiary/aromatic N) is 2. The Labute approximate surface area is 200 Å². The number of hydrogen-bond acceptors (Lipinski definition) is 4. The van der Waals surface area contributed by atoms with Crippen molar-refractivity contribution in [1.29, 1.82) is 0 Å². The third-order valence-corrected chi connectivity index (χ3v) is 6.40. The maximum atomic E-state index is 12.9. The number of rotatable bonds is 5. The van der Waals surface area contributed by atoms with Crippen molar-refractivity contribution in [3.63, 3.8) is 0 Å². The molecule has 3 amide bonds. The number of fused-ring (bicyclic) bond motifs is 1. The maximum absolute atomic E-state index is 12.9. The highest BCUT2D eigenvalue weighted by Gasteiger charge is 2.33. The van der Waals surface area contributed by atoms with E-state index >= 15 is 0 Å². The quantitative estimate of drug-likeness (QED) is 0.627. The molecule has 0 spiro atoms. The number of urea groups is 1. The first-order valence-electron chi connectivity index (χ1n) is 11.5. The lowest BCUT2D eigenvalue weighted by atomic mass is 10.0. The molecule has 0 aliphatic carbocycles. The smallest absolute Gasteiger partial charge is 0.416 e. The highest BCUT2D eigenvalue weighted by molar-refractivity contribution is 5.91. The number of nitrogens with one attached hydrogen (secondary N) is 1. The van der Waals surface area contributed by atoms with Gasteiger partial charge in [-0.2, -0.15) is 13.2 Å². The predicted octanol–water partition coefficient (Wildman–Crippen LogP) is 4.51. The molecule has 1 fully saturated rings. The third-order valence-electron chi connectivity index (χ3n) is 6.40. The molecule has 1 atom stereocenters. The zero-order chi connectivity index (χ0) is 25.0. The van der Waals surface area contributed by atoms with Crippen LogP contribution in [0, 0.1) is 0 Å². The van der Waals surface area contributed by atoms with E-state index in [2.05, 4.69) is 5.32 Å². The van der Waals surface area contributed by atoms with E-state index in [1.54, 1.807) is 4.90 Å². The molecule has 1 unspecified atom stereocenters. The topological polar surface area (TPSA) is 79.0 Å². The van der Waals surface area contributed by atoms with Crippen molar-refractivity contribution in [2.45, 2.75) is 44.0 Å². The number of anilines is 1. The molecule has 35 heavy (non-hydrogen) atoms. The van der Waals surface area contributed by atoms with Crippen LogP contribution < -0.4 is 5.32 Å². The van der Waals surface area contributed by atoms with Crippen molar-refractivity contribution in [2.24, 2.45) is 0 Å². The molecule has 0 bridgehead atoms. The summed E-state index contributed by atoms with van der Waals surface area (Å²) in [6.45, 7) is 1.26. The molecule has 2 aliphatic rings. The molecule has 0 saturated carbocycles. The third kappa shape index (κ3) is 5.93. The SMILES string of the molecule is O=CC(Cc1cccc(C(F)(F)F)c1)OC(=O)N1CCC(N2CCc3ccccc3NC2=O)CC1. The first kappa shape index (κ1) is 24.6. The van der Waals surface area contributed by atoms with E-state index in [0.717, 1.165) is 29.8 Å². The fourth-order valence-corrected chi connectivity index (χ4v) is 4.53. The number of aldehydes is 1. The van der Waals surface area contributed by atoms with E-state index in [1.807, 2.05) is 24.3 Å². The van der Waals surface area contributed by atoms with Gasteiger partial charge in [-0.3, -0.25) is 4.79 Å². The first-order chi connectivity index (χ1) is 16.7. The molecule has 2 aliphatic heterocycles. The Hall–Kier alpha value is -3.56. The monoisotopic (exact) mass is 489 g/mol. The summed E-state index contributed by atoms with van der Waals surface area (Å²) < 4.78 is 44.1. The number of hydrogen-bond donors (Lipinski definition) is 1. The van der Waals surface area contributed by atoms with Gasteiger partial charge in [0.05, 0.1) is 5.56 Å². The highest BCUT2D eigenvalue weighted by atomic mass is 19.4. The van der Waals surface area contributed by atoms with E-state index in [-0.39, 0.29) is 24.1 Å². The summed E-state index contributed by atoms with van der Waals surface area (Å²) >= 11 is 0. The number of halogens is 3. The lowest BCUT2D eigenvalue weighted by molar-refractivity contribution is -0.137. The standard InChI is InChI=1S/C25H26F3N3O4/c26-25(27,28)19-6-3-4-17(14-19)15-21(16-32)35-24(34)30-11-9-20(10-12-30)31-13-8-18-5-1-2-7-22(18)29-23(31)33/h1-7,14,16,20-21H,8-13,15H2,(H,29,33). The molecule has 7 nitrogen and oxygen atoms in total. The number of ether oxygens (including phenoxy) is 1. The van der Waals surface area contributed by atoms with E-state index in [0.29, 0.717) is 38.8 Å². The lowest BCUT2D eigenvalue weighted by Gasteiger charge is -2.37. The van der Waals surface area contributed by atoms with Gasteiger partial charge < -0.3 is 19.9 Å². The first-order valence-corrected chi connectivity index (χ1v) is 11.5. The van der Waals surface area contributed by atoms with Gasteiger partial charge in [0.2, 0.25) is 0 Å². The van der Waals surface area contributed by atoms with Crippen molar-refractivity contribution in [3.8, 4) is 0 Å². The number of alkyl halides is 3. The highest BCUT2D eigenvalue weighted by Crippen LogP contribution is 2.30. The molecular weight excluding hydrogens is 463 g/mol. The van der Waals surface area contributed by atoms with Crippen LogP contribution in [0.2, 0.25) is 0 Å². The molecule has 2 heterocycles. The normalized spacial score (nSPS) is 17.7. The molecule has 1 N–H and O–H groups in total. The van der Waals surface area contributed by atoms with Gasteiger partial charge in [0.15, 0.2) is 12.4 Å². The van der Waals surface area contributed by atoms with Crippen molar-refractivity contribution in [3.05, 3.63) is 65.2 Å². The van der Waals surface area contributed by atoms with E-state index in [4.69, 9.17) is 4.74 Å². The maximum Gasteiger partial charge on any atom is 0.416 e. The summed E-state index contributed by atoms with van der Waals surface area (Å²) in [6.07, 6.45) is -4.28. The number of benzene rings is 2. The van der Waals surface area contributed by atoms with E-state index in [1.165, 1.54) is 17.0 Å². The van der Waals surface area contributed by atoms with Crippen molar-refractivity contribution < 1.29 is 32.3 Å². The molecule has 1 saturated heterocycles. The number of amides is 3. The second-order valence-electron chi connectivity index (χ2n) is 8.71. The van der Waals surface area contributed by atoms with Gasteiger partial charge in [-0.15, -0.1) is 0 Å². The predicted molar refractivity (Wildman–Crippen MR) is 122 cm³/mol. The van der Waals surface area contributed by atoms with Crippen LogP contribution in [0.4, 0.5) is 28.4 Å². The molecule has 2 aromatic rings. The second-order valence-corrected chi connectivity index (χ2v) is 8.71. The van der Waals surface area contributed by atoms with Crippen LogP contribution in [0.1, 0.15) is 29.5 Å². The minimum absolute atomic E-state index is 0.0414. The van der Waals surface area contributed by atoms with E-state index in [9.17, 15) is 27.6 Å². The van der Waals surface area contributed by atoms with Crippen LogP contribution in [0.5, 0.6) is 0 Å². The number of para-hydroxylation sites is 1. The van der Waals surface area contributed by atoms with Crippen LogP contribution in [0.15, 0.2) is 48.5 Å². The zero-order valence-corrected chi connectivity index (χ0v) is 19.0.